The van der Waals surface area contributed by atoms with Gasteiger partial charge in [0.2, 0.25) is 11.0 Å². The van der Waals surface area contributed by atoms with Crippen LogP contribution in [0.15, 0.2) is 24.3 Å². The fourth-order valence-electron chi connectivity index (χ4n) is 6.32. The maximum absolute atomic E-state index is 12.7. The first-order valence-corrected chi connectivity index (χ1v) is 11.9. The van der Waals surface area contributed by atoms with Crippen molar-refractivity contribution in [2.24, 2.45) is 23.7 Å². The molecule has 5 aliphatic carbocycles. The lowest BCUT2D eigenvalue weighted by molar-refractivity contribution is -0.117. The number of nitrogens with zero attached hydrogens (tertiary/aromatic N) is 2. The Balaban J connectivity index is 1.13. The highest BCUT2D eigenvalue weighted by molar-refractivity contribution is 7.15. The Morgan fingerprint density at radius 3 is 2.13 bits per heavy atom. The van der Waals surface area contributed by atoms with E-state index in [4.69, 9.17) is 0 Å². The second kappa shape index (κ2) is 6.87. The second-order valence-corrected chi connectivity index (χ2v) is 10.9. The number of amides is 2. The average Bonchev–Trinajstić information content (AvgIpc) is 3.46. The number of hydrogen-bond donors (Lipinski definition) is 2. The van der Waals surface area contributed by atoms with Gasteiger partial charge in [-0.25, -0.2) is 0 Å². The van der Waals surface area contributed by atoms with Crippen molar-refractivity contribution in [3.63, 3.8) is 0 Å². The van der Waals surface area contributed by atoms with Gasteiger partial charge in [-0.15, -0.1) is 10.2 Å². The third-order valence-electron chi connectivity index (χ3n) is 7.50. The zero-order chi connectivity index (χ0) is 20.3. The quantitative estimate of drug-likeness (QED) is 0.737. The highest BCUT2D eigenvalue weighted by atomic mass is 32.1. The molecule has 0 spiro atoms. The molecule has 7 rings (SSSR count). The summed E-state index contributed by atoms with van der Waals surface area (Å²) in [4.78, 5) is 24.5. The third-order valence-corrected chi connectivity index (χ3v) is 8.59. The molecule has 2 N–H and O–H groups in total. The summed E-state index contributed by atoms with van der Waals surface area (Å²) in [6.07, 6.45) is 9.88. The molecular weight excluding hydrogens is 396 g/mol. The summed E-state index contributed by atoms with van der Waals surface area (Å²) in [5.41, 5.74) is 1.48. The molecule has 0 aliphatic heterocycles. The molecule has 5 saturated carbocycles. The molecule has 7 heteroatoms. The number of hydrogen-bond acceptors (Lipinski definition) is 5. The van der Waals surface area contributed by atoms with Crippen molar-refractivity contribution in [1.29, 1.82) is 0 Å². The van der Waals surface area contributed by atoms with Gasteiger partial charge in [0.15, 0.2) is 0 Å². The van der Waals surface area contributed by atoms with E-state index in [-0.39, 0.29) is 23.1 Å². The molecule has 2 aromatic rings. The van der Waals surface area contributed by atoms with Crippen LogP contribution in [-0.2, 0) is 10.2 Å². The highest BCUT2D eigenvalue weighted by Gasteiger charge is 2.53. The summed E-state index contributed by atoms with van der Waals surface area (Å²) >= 11 is 1.55. The lowest BCUT2D eigenvalue weighted by Gasteiger charge is -2.55. The molecule has 1 heterocycles. The van der Waals surface area contributed by atoms with Gasteiger partial charge in [-0.05, 0) is 93.4 Å². The van der Waals surface area contributed by atoms with Gasteiger partial charge in [0.05, 0.1) is 0 Å². The molecule has 156 valence electrons. The third kappa shape index (κ3) is 3.33. The number of carbonyl (C=O) groups is 2. The molecule has 1 aromatic heterocycles. The SMILES string of the molecule is O=C(Nc1nnc(C23CC4CC(CC(C4)C2)C3)s1)c1ccc(NC(=O)C2CC2)cc1. The van der Waals surface area contributed by atoms with Crippen LogP contribution in [0.3, 0.4) is 0 Å². The van der Waals surface area contributed by atoms with E-state index in [1.807, 2.05) is 0 Å². The average molecular weight is 423 g/mol. The molecule has 5 aliphatic rings. The minimum Gasteiger partial charge on any atom is -0.326 e. The molecule has 0 atom stereocenters. The monoisotopic (exact) mass is 422 g/mol. The molecule has 30 heavy (non-hydrogen) atoms. The van der Waals surface area contributed by atoms with Gasteiger partial charge in [0.25, 0.3) is 5.91 Å². The van der Waals surface area contributed by atoms with E-state index in [0.29, 0.717) is 10.7 Å². The number of carbonyl (C=O) groups excluding carboxylic acids is 2. The van der Waals surface area contributed by atoms with E-state index >= 15 is 0 Å². The van der Waals surface area contributed by atoms with Crippen LogP contribution in [0.5, 0.6) is 0 Å². The van der Waals surface area contributed by atoms with Crippen molar-refractivity contribution in [2.45, 2.75) is 56.8 Å². The van der Waals surface area contributed by atoms with E-state index in [1.165, 1.54) is 38.5 Å². The van der Waals surface area contributed by atoms with Crippen molar-refractivity contribution >= 4 is 34.0 Å². The Morgan fingerprint density at radius 1 is 0.900 bits per heavy atom. The van der Waals surface area contributed by atoms with Gasteiger partial charge in [-0.2, -0.15) is 0 Å². The fraction of sp³-hybridized carbons (Fsp3) is 0.565. The molecule has 1 aromatic carbocycles. The lowest BCUT2D eigenvalue weighted by Crippen LogP contribution is -2.48. The van der Waals surface area contributed by atoms with Crippen LogP contribution in [0.4, 0.5) is 10.8 Å². The lowest BCUT2D eigenvalue weighted by atomic mass is 9.50. The topological polar surface area (TPSA) is 84.0 Å². The van der Waals surface area contributed by atoms with Crippen LogP contribution in [-0.4, -0.2) is 22.0 Å². The molecular formula is C23H26N4O2S. The van der Waals surface area contributed by atoms with Crippen LogP contribution >= 0.6 is 11.3 Å². The van der Waals surface area contributed by atoms with Crippen molar-refractivity contribution < 1.29 is 9.59 Å². The number of anilines is 2. The minimum atomic E-state index is -0.191. The Bertz CT molecular complexity index is 960. The number of benzene rings is 1. The van der Waals surface area contributed by atoms with Crippen LogP contribution in [0.2, 0.25) is 0 Å². The van der Waals surface area contributed by atoms with Crippen LogP contribution in [0.25, 0.3) is 0 Å². The van der Waals surface area contributed by atoms with Crippen LogP contribution < -0.4 is 10.6 Å². The van der Waals surface area contributed by atoms with Gasteiger partial charge >= 0.3 is 0 Å². The zero-order valence-electron chi connectivity index (χ0n) is 16.9. The summed E-state index contributed by atoms with van der Waals surface area (Å²) < 4.78 is 0. The Morgan fingerprint density at radius 2 is 1.53 bits per heavy atom. The molecule has 0 radical (unpaired) electrons. The fourth-order valence-corrected chi connectivity index (χ4v) is 7.28. The predicted octanol–water partition coefficient (Wildman–Crippen LogP) is 4.61. The summed E-state index contributed by atoms with van der Waals surface area (Å²) in [6, 6.07) is 7.02. The Kier molecular flexibility index (Phi) is 4.23. The van der Waals surface area contributed by atoms with Gasteiger partial charge in [0.1, 0.15) is 5.01 Å². The number of aromatic nitrogens is 2. The minimum absolute atomic E-state index is 0.0678. The molecule has 6 nitrogen and oxygen atoms in total. The van der Waals surface area contributed by atoms with E-state index in [1.54, 1.807) is 35.6 Å². The normalized spacial score (nSPS) is 31.5. The first-order chi connectivity index (χ1) is 14.6. The highest BCUT2D eigenvalue weighted by Crippen LogP contribution is 2.61. The summed E-state index contributed by atoms with van der Waals surface area (Å²) in [6.45, 7) is 0. The first-order valence-electron chi connectivity index (χ1n) is 11.1. The van der Waals surface area contributed by atoms with Crippen molar-refractivity contribution in [1.82, 2.24) is 10.2 Å². The van der Waals surface area contributed by atoms with Gasteiger partial charge in [-0.1, -0.05) is 11.3 Å². The standard InChI is InChI=1S/C23H26N4O2S/c28-19(16-1-2-16)24-18-5-3-17(4-6-18)20(29)25-22-27-26-21(30-22)23-10-13-7-14(11-23)9-15(8-13)12-23/h3-6,13-16H,1-2,7-12H2,(H,24,28)(H,25,27,29). The maximum atomic E-state index is 12.7. The van der Waals surface area contributed by atoms with Gasteiger partial charge in [0, 0.05) is 22.6 Å². The maximum Gasteiger partial charge on any atom is 0.257 e. The largest absolute Gasteiger partial charge is 0.326 e. The van der Waals surface area contributed by atoms with Crippen molar-refractivity contribution in [3.05, 3.63) is 34.8 Å². The van der Waals surface area contributed by atoms with Gasteiger partial charge in [-0.3, -0.25) is 14.9 Å². The molecule has 4 bridgehead atoms. The second-order valence-electron chi connectivity index (χ2n) is 9.91. The van der Waals surface area contributed by atoms with Crippen LogP contribution in [0, 0.1) is 23.7 Å². The summed E-state index contributed by atoms with van der Waals surface area (Å²) in [5.74, 6) is 2.61. The molecule has 2 amide bonds. The Hall–Kier alpha value is -2.28. The van der Waals surface area contributed by atoms with E-state index in [9.17, 15) is 9.59 Å². The predicted molar refractivity (Wildman–Crippen MR) is 116 cm³/mol. The number of rotatable bonds is 5. The molecule has 5 fully saturated rings. The van der Waals surface area contributed by atoms with Crippen LogP contribution in [0.1, 0.15) is 66.7 Å². The van der Waals surface area contributed by atoms with Gasteiger partial charge < -0.3 is 5.32 Å². The molecule has 0 unspecified atom stereocenters. The molecule has 0 saturated heterocycles. The van der Waals surface area contributed by atoms with Crippen molar-refractivity contribution in [3.8, 4) is 0 Å². The smallest absolute Gasteiger partial charge is 0.257 e. The van der Waals surface area contributed by atoms with Crippen molar-refractivity contribution in [2.75, 3.05) is 10.6 Å². The number of nitrogens with one attached hydrogen (secondary N) is 2. The Labute approximate surface area is 179 Å². The van der Waals surface area contributed by atoms with E-state index in [0.717, 1.165) is 41.3 Å². The summed E-state index contributed by atoms with van der Waals surface area (Å²) in [5, 5.41) is 16.3. The summed E-state index contributed by atoms with van der Waals surface area (Å²) in [7, 11) is 0. The first kappa shape index (κ1) is 18.5. The zero-order valence-corrected chi connectivity index (χ0v) is 17.7. The van der Waals surface area contributed by atoms with E-state index in [2.05, 4.69) is 20.8 Å². The van der Waals surface area contributed by atoms with E-state index < -0.39 is 0 Å².